The minimum absolute atomic E-state index is 0.111. The summed E-state index contributed by atoms with van der Waals surface area (Å²) < 4.78 is 4.70. The number of rotatable bonds is 2. The van der Waals surface area contributed by atoms with Gasteiger partial charge in [-0.3, -0.25) is 4.79 Å². The summed E-state index contributed by atoms with van der Waals surface area (Å²) in [5.41, 5.74) is 0.717. The number of piperidine rings is 1. The van der Waals surface area contributed by atoms with Gasteiger partial charge in [-0.1, -0.05) is 30.3 Å². The number of ketones is 1. The highest BCUT2D eigenvalue weighted by Crippen LogP contribution is 2.21. The molecule has 1 amide bonds. The molecule has 1 aromatic carbocycles. The van der Waals surface area contributed by atoms with Gasteiger partial charge in [0, 0.05) is 24.6 Å². The molecular weight excluding hydrogens is 230 g/mol. The van der Waals surface area contributed by atoms with Crippen LogP contribution in [0.25, 0.3) is 0 Å². The Labute approximate surface area is 107 Å². The number of methoxy groups -OCH3 is 1. The first-order chi connectivity index (χ1) is 8.72. The number of ether oxygens (including phenoxy) is 1. The summed E-state index contributed by atoms with van der Waals surface area (Å²) in [6.07, 6.45) is 1.33. The summed E-state index contributed by atoms with van der Waals surface area (Å²) in [4.78, 5) is 25.3. The number of hydrogen-bond donors (Lipinski definition) is 0. The van der Waals surface area contributed by atoms with E-state index in [0.29, 0.717) is 18.7 Å². The third-order valence-corrected chi connectivity index (χ3v) is 3.28. The lowest BCUT2D eigenvalue weighted by Crippen LogP contribution is -2.42. The van der Waals surface area contributed by atoms with E-state index in [4.69, 9.17) is 4.74 Å². The van der Waals surface area contributed by atoms with E-state index in [1.165, 1.54) is 7.11 Å². The van der Waals surface area contributed by atoms with Crippen LogP contribution in [0.3, 0.4) is 0 Å². The zero-order valence-electron chi connectivity index (χ0n) is 10.5. The molecule has 1 atom stereocenters. The van der Waals surface area contributed by atoms with Gasteiger partial charge in [-0.05, 0) is 12.8 Å². The molecule has 4 nitrogen and oxygen atoms in total. The molecule has 2 rings (SSSR count). The highest BCUT2D eigenvalue weighted by Gasteiger charge is 2.29. The molecule has 0 saturated carbocycles. The maximum atomic E-state index is 12.3. The fourth-order valence-corrected chi connectivity index (χ4v) is 2.32. The van der Waals surface area contributed by atoms with Crippen molar-refractivity contribution < 1.29 is 14.3 Å². The van der Waals surface area contributed by atoms with E-state index in [0.717, 1.165) is 12.8 Å². The standard InChI is InChI=1S/C14H17NO3/c1-18-14(17)15-9-5-8-12(10-15)13(16)11-6-3-2-4-7-11/h2-4,6-7,12H,5,8-10H2,1H3. The molecule has 0 N–H and O–H groups in total. The van der Waals surface area contributed by atoms with Gasteiger partial charge >= 0.3 is 6.09 Å². The van der Waals surface area contributed by atoms with E-state index in [1.807, 2.05) is 30.3 Å². The number of Topliss-reactive ketones (excluding diaryl/α,β-unsaturated/α-hetero) is 1. The minimum Gasteiger partial charge on any atom is -0.453 e. The molecule has 1 fully saturated rings. The second-order valence-electron chi connectivity index (χ2n) is 4.49. The van der Waals surface area contributed by atoms with Crippen molar-refractivity contribution >= 4 is 11.9 Å². The summed E-state index contributed by atoms with van der Waals surface area (Å²) in [5.74, 6) is 0.00412. The molecular formula is C14H17NO3. The van der Waals surface area contributed by atoms with Gasteiger partial charge in [0.15, 0.2) is 5.78 Å². The van der Waals surface area contributed by atoms with Gasteiger partial charge in [-0.2, -0.15) is 0 Å². The van der Waals surface area contributed by atoms with Crippen molar-refractivity contribution in [1.82, 2.24) is 4.90 Å². The Bertz CT molecular complexity index is 430. The second kappa shape index (κ2) is 5.67. The minimum atomic E-state index is -0.347. The van der Waals surface area contributed by atoms with Crippen molar-refractivity contribution in [2.75, 3.05) is 20.2 Å². The lowest BCUT2D eigenvalue weighted by molar-refractivity contribution is 0.0772. The Hall–Kier alpha value is -1.84. The van der Waals surface area contributed by atoms with Crippen molar-refractivity contribution in [3.63, 3.8) is 0 Å². The highest BCUT2D eigenvalue weighted by atomic mass is 16.5. The summed E-state index contributed by atoms with van der Waals surface area (Å²) in [5, 5.41) is 0. The van der Waals surface area contributed by atoms with Crippen molar-refractivity contribution in [2.24, 2.45) is 5.92 Å². The maximum absolute atomic E-state index is 12.3. The van der Waals surface area contributed by atoms with Crippen LogP contribution in [0.5, 0.6) is 0 Å². The predicted molar refractivity (Wildman–Crippen MR) is 67.5 cm³/mol. The van der Waals surface area contributed by atoms with E-state index >= 15 is 0 Å². The first kappa shape index (κ1) is 12.6. The highest BCUT2D eigenvalue weighted by molar-refractivity contribution is 5.98. The molecule has 0 aromatic heterocycles. The zero-order chi connectivity index (χ0) is 13.0. The molecule has 0 spiro atoms. The quantitative estimate of drug-likeness (QED) is 0.754. The van der Waals surface area contributed by atoms with Gasteiger partial charge in [0.1, 0.15) is 0 Å². The lowest BCUT2D eigenvalue weighted by Gasteiger charge is -2.30. The third-order valence-electron chi connectivity index (χ3n) is 3.28. The number of carbonyl (C=O) groups is 2. The van der Waals surface area contributed by atoms with Gasteiger partial charge in [-0.15, -0.1) is 0 Å². The summed E-state index contributed by atoms with van der Waals surface area (Å²) >= 11 is 0. The largest absolute Gasteiger partial charge is 0.453 e. The summed E-state index contributed by atoms with van der Waals surface area (Å²) in [7, 11) is 1.37. The van der Waals surface area contributed by atoms with Gasteiger partial charge < -0.3 is 9.64 Å². The molecule has 4 heteroatoms. The Kier molecular flexibility index (Phi) is 3.97. The van der Waals surface area contributed by atoms with E-state index in [-0.39, 0.29) is 17.8 Å². The molecule has 1 heterocycles. The van der Waals surface area contributed by atoms with Gasteiger partial charge in [0.25, 0.3) is 0 Å². The van der Waals surface area contributed by atoms with Crippen LogP contribution >= 0.6 is 0 Å². The number of carbonyl (C=O) groups excluding carboxylic acids is 2. The Morgan fingerprint density at radius 3 is 2.67 bits per heavy atom. The molecule has 18 heavy (non-hydrogen) atoms. The Morgan fingerprint density at radius 2 is 2.00 bits per heavy atom. The number of benzene rings is 1. The second-order valence-corrected chi connectivity index (χ2v) is 4.49. The molecule has 0 bridgehead atoms. The van der Waals surface area contributed by atoms with Gasteiger partial charge in [0.2, 0.25) is 0 Å². The fourth-order valence-electron chi connectivity index (χ4n) is 2.32. The first-order valence-electron chi connectivity index (χ1n) is 6.14. The average molecular weight is 247 g/mol. The molecule has 96 valence electrons. The molecule has 1 saturated heterocycles. The van der Waals surface area contributed by atoms with E-state index in [9.17, 15) is 9.59 Å². The van der Waals surface area contributed by atoms with Crippen LogP contribution in [0.4, 0.5) is 4.79 Å². The van der Waals surface area contributed by atoms with E-state index < -0.39 is 0 Å². The van der Waals surface area contributed by atoms with Gasteiger partial charge in [-0.25, -0.2) is 4.79 Å². The van der Waals surface area contributed by atoms with Crippen LogP contribution < -0.4 is 0 Å². The van der Waals surface area contributed by atoms with Crippen LogP contribution in [0.1, 0.15) is 23.2 Å². The maximum Gasteiger partial charge on any atom is 0.409 e. The summed E-state index contributed by atoms with van der Waals surface area (Å²) in [6.45, 7) is 1.13. The SMILES string of the molecule is COC(=O)N1CCCC(C(=O)c2ccccc2)C1. The number of likely N-dealkylation sites (tertiary alicyclic amines) is 1. The number of nitrogens with zero attached hydrogens (tertiary/aromatic N) is 1. The van der Waals surface area contributed by atoms with Crippen LogP contribution in [0.2, 0.25) is 0 Å². The number of hydrogen-bond acceptors (Lipinski definition) is 3. The molecule has 1 unspecified atom stereocenters. The molecule has 0 radical (unpaired) electrons. The lowest BCUT2D eigenvalue weighted by atomic mass is 9.90. The summed E-state index contributed by atoms with van der Waals surface area (Å²) in [6, 6.07) is 9.24. The smallest absolute Gasteiger partial charge is 0.409 e. The average Bonchev–Trinajstić information content (AvgIpc) is 2.46. The normalized spacial score (nSPS) is 19.4. The Balaban J connectivity index is 2.05. The van der Waals surface area contributed by atoms with Gasteiger partial charge in [0.05, 0.1) is 7.11 Å². The van der Waals surface area contributed by atoms with Crippen molar-refractivity contribution in [3.05, 3.63) is 35.9 Å². The topological polar surface area (TPSA) is 46.6 Å². The monoisotopic (exact) mass is 247 g/mol. The van der Waals surface area contributed by atoms with Crippen LogP contribution in [0, 0.1) is 5.92 Å². The third kappa shape index (κ3) is 2.70. The molecule has 1 aliphatic rings. The predicted octanol–water partition coefficient (Wildman–Crippen LogP) is 2.35. The molecule has 1 aromatic rings. The number of amides is 1. The van der Waals surface area contributed by atoms with Crippen molar-refractivity contribution in [1.29, 1.82) is 0 Å². The van der Waals surface area contributed by atoms with E-state index in [2.05, 4.69) is 0 Å². The fraction of sp³-hybridized carbons (Fsp3) is 0.429. The Morgan fingerprint density at radius 1 is 1.28 bits per heavy atom. The first-order valence-corrected chi connectivity index (χ1v) is 6.14. The molecule has 0 aliphatic carbocycles. The molecule has 1 aliphatic heterocycles. The van der Waals surface area contributed by atoms with Crippen molar-refractivity contribution in [2.45, 2.75) is 12.8 Å². The van der Waals surface area contributed by atoms with Crippen LogP contribution in [-0.4, -0.2) is 37.0 Å². The van der Waals surface area contributed by atoms with Crippen LogP contribution in [0.15, 0.2) is 30.3 Å². The zero-order valence-corrected chi connectivity index (χ0v) is 10.5. The van der Waals surface area contributed by atoms with Crippen molar-refractivity contribution in [3.8, 4) is 0 Å². The van der Waals surface area contributed by atoms with Crippen LogP contribution in [-0.2, 0) is 4.74 Å². The van der Waals surface area contributed by atoms with E-state index in [1.54, 1.807) is 4.90 Å².